The first kappa shape index (κ1) is 15.7. The van der Waals surface area contributed by atoms with E-state index < -0.39 is 0 Å². The Bertz CT molecular complexity index is 368. The number of carbonyl (C=O) groups excluding carboxylic acids is 1. The van der Waals surface area contributed by atoms with Crippen LogP contribution >= 0.6 is 0 Å². The van der Waals surface area contributed by atoms with Gasteiger partial charge in [-0.2, -0.15) is 0 Å². The minimum atomic E-state index is -0.0297. The van der Waals surface area contributed by atoms with Crippen LogP contribution in [-0.4, -0.2) is 26.2 Å². The molecule has 2 unspecified atom stereocenters. The molecule has 0 heterocycles. The number of ether oxygens (including phenoxy) is 1. The summed E-state index contributed by atoms with van der Waals surface area (Å²) >= 11 is 0. The van der Waals surface area contributed by atoms with Gasteiger partial charge in [0.2, 0.25) is 5.91 Å². The third kappa shape index (κ3) is 6.36. The zero-order chi connectivity index (χ0) is 14.1. The van der Waals surface area contributed by atoms with Crippen LogP contribution in [0.4, 0.5) is 0 Å². The second-order valence-corrected chi connectivity index (χ2v) is 4.92. The maximum Gasteiger partial charge on any atom is 0.220 e. The fourth-order valence-corrected chi connectivity index (χ4v) is 1.97. The Morgan fingerprint density at radius 2 is 2.05 bits per heavy atom. The molecule has 0 aliphatic rings. The van der Waals surface area contributed by atoms with E-state index in [0.717, 1.165) is 12.0 Å². The van der Waals surface area contributed by atoms with Crippen molar-refractivity contribution in [3.05, 3.63) is 35.9 Å². The van der Waals surface area contributed by atoms with Crippen molar-refractivity contribution < 1.29 is 9.53 Å². The Kier molecular flexibility index (Phi) is 7.15. The standard InChI is InChI=1S/C15H24N2O2/c1-12(11-19-2)10-15(18)17-9-8-14(16)13-6-4-3-5-7-13/h3-7,12,14H,8-11,16H2,1-2H3,(H,17,18). The summed E-state index contributed by atoms with van der Waals surface area (Å²) in [7, 11) is 1.65. The van der Waals surface area contributed by atoms with E-state index in [9.17, 15) is 4.79 Å². The maximum atomic E-state index is 11.6. The molecule has 19 heavy (non-hydrogen) atoms. The van der Waals surface area contributed by atoms with Crippen molar-refractivity contribution in [2.45, 2.75) is 25.8 Å². The van der Waals surface area contributed by atoms with Gasteiger partial charge in [0.25, 0.3) is 0 Å². The fraction of sp³-hybridized carbons (Fsp3) is 0.533. The van der Waals surface area contributed by atoms with Crippen molar-refractivity contribution in [3.63, 3.8) is 0 Å². The predicted octanol–water partition coefficient (Wildman–Crippen LogP) is 1.87. The van der Waals surface area contributed by atoms with Crippen LogP contribution in [0.15, 0.2) is 30.3 Å². The van der Waals surface area contributed by atoms with Crippen molar-refractivity contribution in [1.29, 1.82) is 0 Å². The summed E-state index contributed by atoms with van der Waals surface area (Å²) in [6.07, 6.45) is 1.24. The van der Waals surface area contributed by atoms with E-state index in [4.69, 9.17) is 10.5 Å². The molecule has 0 aromatic heterocycles. The molecule has 1 aromatic carbocycles. The second kappa shape index (κ2) is 8.67. The van der Waals surface area contributed by atoms with Gasteiger partial charge in [-0.25, -0.2) is 0 Å². The number of amides is 1. The molecule has 4 heteroatoms. The highest BCUT2D eigenvalue weighted by Gasteiger charge is 2.09. The second-order valence-electron chi connectivity index (χ2n) is 4.92. The van der Waals surface area contributed by atoms with Gasteiger partial charge >= 0.3 is 0 Å². The van der Waals surface area contributed by atoms with Gasteiger partial charge < -0.3 is 15.8 Å². The first-order valence-electron chi connectivity index (χ1n) is 6.69. The van der Waals surface area contributed by atoms with Crippen molar-refractivity contribution in [3.8, 4) is 0 Å². The van der Waals surface area contributed by atoms with Crippen LogP contribution in [0.1, 0.15) is 31.4 Å². The molecule has 1 amide bonds. The van der Waals surface area contributed by atoms with Crippen LogP contribution in [0.3, 0.4) is 0 Å². The summed E-state index contributed by atoms with van der Waals surface area (Å²) in [5.74, 6) is 0.303. The van der Waals surface area contributed by atoms with E-state index in [-0.39, 0.29) is 17.9 Å². The first-order chi connectivity index (χ1) is 9.13. The number of hydrogen-bond donors (Lipinski definition) is 2. The number of nitrogens with one attached hydrogen (secondary N) is 1. The monoisotopic (exact) mass is 264 g/mol. The van der Waals surface area contributed by atoms with Gasteiger partial charge in [-0.1, -0.05) is 37.3 Å². The molecule has 2 atom stereocenters. The summed E-state index contributed by atoms with van der Waals surface area (Å²) in [6, 6.07) is 9.90. The smallest absolute Gasteiger partial charge is 0.220 e. The summed E-state index contributed by atoms with van der Waals surface area (Å²) in [4.78, 5) is 11.6. The highest BCUT2D eigenvalue weighted by molar-refractivity contribution is 5.76. The lowest BCUT2D eigenvalue weighted by molar-refractivity contribution is -0.122. The lowest BCUT2D eigenvalue weighted by atomic mass is 10.0. The molecule has 0 aliphatic carbocycles. The number of methoxy groups -OCH3 is 1. The Balaban J connectivity index is 2.21. The lowest BCUT2D eigenvalue weighted by Crippen LogP contribution is -2.29. The highest BCUT2D eigenvalue weighted by atomic mass is 16.5. The average Bonchev–Trinajstić information content (AvgIpc) is 2.39. The molecule has 0 aliphatic heterocycles. The van der Waals surface area contributed by atoms with Gasteiger partial charge in [-0.05, 0) is 17.9 Å². The molecule has 3 N–H and O–H groups in total. The number of carbonyl (C=O) groups is 1. The topological polar surface area (TPSA) is 64.3 Å². The van der Waals surface area contributed by atoms with E-state index in [0.29, 0.717) is 19.6 Å². The van der Waals surface area contributed by atoms with Gasteiger partial charge in [0.05, 0.1) is 0 Å². The predicted molar refractivity (Wildman–Crippen MR) is 76.7 cm³/mol. The third-order valence-electron chi connectivity index (χ3n) is 2.99. The molecule has 106 valence electrons. The molecule has 1 aromatic rings. The van der Waals surface area contributed by atoms with Crippen molar-refractivity contribution in [2.24, 2.45) is 11.7 Å². The summed E-state index contributed by atoms with van der Waals surface area (Å²) in [5, 5.41) is 2.90. The van der Waals surface area contributed by atoms with Crippen molar-refractivity contribution in [1.82, 2.24) is 5.32 Å². The molecular weight excluding hydrogens is 240 g/mol. The van der Waals surface area contributed by atoms with Crippen LogP contribution < -0.4 is 11.1 Å². The SMILES string of the molecule is COCC(C)CC(=O)NCCC(N)c1ccccc1. The summed E-state index contributed by atoms with van der Waals surface area (Å²) < 4.78 is 5.01. The number of hydrogen-bond acceptors (Lipinski definition) is 3. The summed E-state index contributed by atoms with van der Waals surface area (Å²) in [6.45, 7) is 3.21. The summed E-state index contributed by atoms with van der Waals surface area (Å²) in [5.41, 5.74) is 7.16. The molecule has 0 saturated carbocycles. The van der Waals surface area contributed by atoms with E-state index in [1.54, 1.807) is 7.11 Å². The highest BCUT2D eigenvalue weighted by Crippen LogP contribution is 2.12. The molecule has 1 rings (SSSR count). The third-order valence-corrected chi connectivity index (χ3v) is 2.99. The molecule has 0 radical (unpaired) electrons. The van der Waals surface area contributed by atoms with Gasteiger partial charge in [-0.3, -0.25) is 4.79 Å². The maximum absolute atomic E-state index is 11.6. The number of rotatable bonds is 8. The van der Waals surface area contributed by atoms with Gasteiger partial charge in [0, 0.05) is 32.7 Å². The largest absolute Gasteiger partial charge is 0.384 e. The quantitative estimate of drug-likeness (QED) is 0.753. The van der Waals surface area contributed by atoms with E-state index in [1.165, 1.54) is 0 Å². The van der Waals surface area contributed by atoms with Crippen LogP contribution in [0.2, 0.25) is 0 Å². The van der Waals surface area contributed by atoms with Gasteiger partial charge in [0.1, 0.15) is 0 Å². The van der Waals surface area contributed by atoms with E-state index in [1.807, 2.05) is 37.3 Å². The first-order valence-corrected chi connectivity index (χ1v) is 6.69. The Hall–Kier alpha value is -1.39. The lowest BCUT2D eigenvalue weighted by Gasteiger charge is -2.14. The number of nitrogens with two attached hydrogens (primary N) is 1. The molecular formula is C15H24N2O2. The molecule has 0 saturated heterocycles. The Labute approximate surface area is 115 Å². The van der Waals surface area contributed by atoms with E-state index in [2.05, 4.69) is 5.32 Å². The van der Waals surface area contributed by atoms with Crippen LogP contribution in [0.25, 0.3) is 0 Å². The average molecular weight is 264 g/mol. The zero-order valence-corrected chi connectivity index (χ0v) is 11.8. The van der Waals surface area contributed by atoms with Crippen LogP contribution in [0, 0.1) is 5.92 Å². The Morgan fingerprint density at radius 3 is 2.68 bits per heavy atom. The van der Waals surface area contributed by atoms with Crippen molar-refractivity contribution in [2.75, 3.05) is 20.3 Å². The number of benzene rings is 1. The molecule has 0 fully saturated rings. The fourth-order valence-electron chi connectivity index (χ4n) is 1.97. The molecule has 4 nitrogen and oxygen atoms in total. The van der Waals surface area contributed by atoms with Gasteiger partial charge in [0.15, 0.2) is 0 Å². The van der Waals surface area contributed by atoms with Crippen LogP contribution in [-0.2, 0) is 9.53 Å². The minimum Gasteiger partial charge on any atom is -0.384 e. The molecule has 0 bridgehead atoms. The normalized spacial score (nSPS) is 13.8. The van der Waals surface area contributed by atoms with Crippen molar-refractivity contribution >= 4 is 5.91 Å². The van der Waals surface area contributed by atoms with Gasteiger partial charge in [-0.15, -0.1) is 0 Å². The van der Waals surface area contributed by atoms with E-state index >= 15 is 0 Å². The Morgan fingerprint density at radius 1 is 1.37 bits per heavy atom. The minimum absolute atomic E-state index is 0.0297. The molecule has 0 spiro atoms. The zero-order valence-electron chi connectivity index (χ0n) is 11.8. The van der Waals surface area contributed by atoms with Crippen LogP contribution in [0.5, 0.6) is 0 Å².